The van der Waals surface area contributed by atoms with E-state index < -0.39 is 59.6 Å². The standard InChI is InChI=1S/C42H62N6O9S/c1-10-12-15-22-56-47(40(52)37(28(5)11-2)45-48(55)36-16-13-14-21-46(36)9)34(27(3)4)24-35(57-29(6)49)39-44-33(26-58-39)38(51)43-31(25-42(7,8)41(53)54)23-30-17-19-32(50)20-18-30/h1,17-20,26-28,31,34-37H,11-16,21-25H2,2-9H3,(H3-,43,45,50,51,53,54,55)/p+1/t28-,31-,34+,35+,36-,37-/m0/s1. The third kappa shape index (κ3) is 14.1. The maximum Gasteiger partial charge on any atom is 0.309 e. The normalized spacial score (nSPS) is 17.3. The van der Waals surface area contributed by atoms with E-state index in [1.165, 1.54) is 24.1 Å². The van der Waals surface area contributed by atoms with E-state index in [0.29, 0.717) is 37.1 Å². The zero-order valence-electron chi connectivity index (χ0n) is 35.2. The number of ether oxygens (including phenoxy) is 1. The number of carboxylic acid groups (broad SMARTS) is 1. The van der Waals surface area contributed by atoms with Gasteiger partial charge in [-0.1, -0.05) is 46.2 Å². The number of phenolic OH excluding ortho intramolecular Hbond substituents is 1. The number of nitrogens with zero attached hydrogens (tertiary/aromatic N) is 4. The molecule has 16 heteroatoms. The van der Waals surface area contributed by atoms with Crippen LogP contribution in [0.15, 0.2) is 29.6 Å². The first-order chi connectivity index (χ1) is 27.4. The summed E-state index contributed by atoms with van der Waals surface area (Å²) in [7, 11) is 1.89. The second kappa shape index (κ2) is 22.5. The van der Waals surface area contributed by atoms with E-state index in [9.17, 15) is 34.3 Å². The average Bonchev–Trinajstić information content (AvgIpc) is 3.67. The molecule has 0 saturated carbocycles. The number of aromatic hydroxyl groups is 1. The van der Waals surface area contributed by atoms with Gasteiger partial charge in [0.25, 0.3) is 18.0 Å². The Balaban J connectivity index is 1.94. The number of benzene rings is 1. The van der Waals surface area contributed by atoms with E-state index >= 15 is 0 Å². The number of phenols is 1. The number of nitroso groups, excluding NO2 is 1. The van der Waals surface area contributed by atoms with Gasteiger partial charge in [0.2, 0.25) is 0 Å². The summed E-state index contributed by atoms with van der Waals surface area (Å²) in [5.41, 5.74) is 2.65. The van der Waals surface area contributed by atoms with E-state index in [1.807, 2.05) is 39.6 Å². The van der Waals surface area contributed by atoms with Gasteiger partial charge in [-0.3, -0.25) is 24.0 Å². The van der Waals surface area contributed by atoms with E-state index in [2.05, 4.69) is 21.6 Å². The number of hydrogen-bond acceptors (Lipinski definition) is 11. The molecule has 0 spiro atoms. The largest absolute Gasteiger partial charge is 0.508 e. The van der Waals surface area contributed by atoms with Gasteiger partial charge in [0.15, 0.2) is 12.1 Å². The number of nitrogens with one attached hydrogen (secondary N) is 2. The molecule has 58 heavy (non-hydrogen) atoms. The van der Waals surface area contributed by atoms with Gasteiger partial charge in [-0.25, -0.2) is 14.9 Å². The Hall–Kier alpha value is -4.59. The van der Waals surface area contributed by atoms with Crippen LogP contribution < -0.4 is 10.7 Å². The molecule has 1 aromatic carbocycles. The molecule has 15 nitrogen and oxygen atoms in total. The molecule has 1 aliphatic rings. The number of rotatable bonds is 23. The minimum atomic E-state index is -1.16. The number of terminal acetylenes is 1. The second-order valence-corrected chi connectivity index (χ2v) is 17.1. The molecule has 1 aliphatic heterocycles. The van der Waals surface area contributed by atoms with Crippen molar-refractivity contribution >= 4 is 35.1 Å². The number of thiazole rings is 1. The fourth-order valence-electron chi connectivity index (χ4n) is 6.89. The monoisotopic (exact) mass is 827 g/mol. The first-order valence-corrected chi connectivity index (χ1v) is 21.0. The predicted molar refractivity (Wildman–Crippen MR) is 220 cm³/mol. The van der Waals surface area contributed by atoms with Crippen LogP contribution in [0.25, 0.3) is 0 Å². The highest BCUT2D eigenvalue weighted by Crippen LogP contribution is 2.32. The van der Waals surface area contributed by atoms with Crippen LogP contribution in [0.4, 0.5) is 0 Å². The lowest BCUT2D eigenvalue weighted by Gasteiger charge is -2.37. The number of hydrazine groups is 1. The first-order valence-electron chi connectivity index (χ1n) is 20.1. The summed E-state index contributed by atoms with van der Waals surface area (Å²) in [5, 5.41) is 25.7. The molecular weight excluding hydrogens is 765 g/mol. The topological polar surface area (TPSA) is 191 Å². The third-order valence-corrected chi connectivity index (χ3v) is 11.6. The number of carboxylic acids is 1. The smallest absolute Gasteiger partial charge is 0.309 e. The lowest BCUT2D eigenvalue weighted by molar-refractivity contribution is -0.667. The van der Waals surface area contributed by atoms with E-state index in [-0.39, 0.29) is 42.7 Å². The van der Waals surface area contributed by atoms with Crippen molar-refractivity contribution < 1.29 is 43.8 Å². The molecule has 4 N–H and O–H groups in total. The average molecular weight is 828 g/mol. The number of hydroxylamine groups is 2. The van der Waals surface area contributed by atoms with Crippen molar-refractivity contribution in [3.05, 3.63) is 50.8 Å². The summed E-state index contributed by atoms with van der Waals surface area (Å²) in [6.07, 6.45) is 8.60. The number of esters is 1. The number of aromatic nitrogens is 1. The molecule has 0 unspecified atom stereocenters. The predicted octanol–water partition coefficient (Wildman–Crippen LogP) is 6.02. The van der Waals surface area contributed by atoms with Gasteiger partial charge in [-0.15, -0.1) is 29.1 Å². The maximum absolute atomic E-state index is 14.7. The summed E-state index contributed by atoms with van der Waals surface area (Å²) < 4.78 is 5.82. The maximum atomic E-state index is 14.7. The minimum absolute atomic E-state index is 0.0461. The van der Waals surface area contributed by atoms with Crippen LogP contribution in [0.1, 0.15) is 127 Å². The quantitative estimate of drug-likeness (QED) is 0.0336. The van der Waals surface area contributed by atoms with Crippen molar-refractivity contribution in [2.24, 2.45) is 17.3 Å². The highest BCUT2D eigenvalue weighted by atomic mass is 32.1. The van der Waals surface area contributed by atoms with Crippen LogP contribution in [0.5, 0.6) is 5.75 Å². The van der Waals surface area contributed by atoms with Crippen LogP contribution in [0.2, 0.25) is 0 Å². The number of carbonyl (C=O) groups excluding carboxylic acids is 3. The Morgan fingerprint density at radius 1 is 1.17 bits per heavy atom. The van der Waals surface area contributed by atoms with Crippen molar-refractivity contribution in [2.75, 3.05) is 20.2 Å². The first kappa shape index (κ1) is 47.8. The Morgan fingerprint density at radius 3 is 2.45 bits per heavy atom. The zero-order chi connectivity index (χ0) is 43.2. The van der Waals surface area contributed by atoms with Crippen molar-refractivity contribution in [3.63, 3.8) is 0 Å². The highest BCUT2D eigenvalue weighted by molar-refractivity contribution is 7.09. The summed E-state index contributed by atoms with van der Waals surface area (Å²) in [4.78, 5) is 80.2. The number of amides is 2. The lowest BCUT2D eigenvalue weighted by atomic mass is 9.84. The van der Waals surface area contributed by atoms with Gasteiger partial charge >= 0.3 is 11.9 Å². The lowest BCUT2D eigenvalue weighted by Crippen LogP contribution is -2.59. The van der Waals surface area contributed by atoms with Crippen LogP contribution in [-0.2, 0) is 30.4 Å². The fraction of sp³-hybridized carbons (Fsp3) is 0.643. The Labute approximate surface area is 346 Å². The third-order valence-electron chi connectivity index (χ3n) is 10.6. The molecule has 1 aromatic heterocycles. The molecule has 6 atom stereocenters. The number of unbranched alkanes of at least 4 members (excludes halogenated alkanes) is 1. The summed E-state index contributed by atoms with van der Waals surface area (Å²) in [6.45, 7) is 13.0. The number of likely N-dealkylation sites (tertiary alicyclic amines) is 1. The number of carbonyl (C=O) groups is 4. The Bertz CT molecular complexity index is 1730. The molecular formula is C42H63N6O9S+. The van der Waals surface area contributed by atoms with Gasteiger partial charge in [0.05, 0.1) is 23.0 Å². The van der Waals surface area contributed by atoms with Crippen LogP contribution in [-0.4, -0.2) is 98.3 Å². The number of hydrogen-bond donors (Lipinski definition) is 4. The minimum Gasteiger partial charge on any atom is -0.508 e. The molecule has 2 amide bonds. The molecule has 0 aliphatic carbocycles. The summed E-state index contributed by atoms with van der Waals surface area (Å²) in [6, 6.07) is 4.24. The van der Waals surface area contributed by atoms with Crippen molar-refractivity contribution in [1.29, 1.82) is 0 Å². The Kier molecular flexibility index (Phi) is 18.6. The van der Waals surface area contributed by atoms with Crippen molar-refractivity contribution in [2.45, 2.75) is 137 Å². The van der Waals surface area contributed by atoms with E-state index in [1.54, 1.807) is 31.4 Å². The molecule has 1 saturated heterocycles. The van der Waals surface area contributed by atoms with Gasteiger partial charge in [0, 0.05) is 44.2 Å². The van der Waals surface area contributed by atoms with Gasteiger partial charge in [0.1, 0.15) is 21.3 Å². The molecule has 2 aromatic rings. The Morgan fingerprint density at radius 2 is 1.86 bits per heavy atom. The molecule has 2 heterocycles. The molecule has 0 radical (unpaired) electrons. The molecule has 0 bridgehead atoms. The number of piperidine rings is 1. The van der Waals surface area contributed by atoms with Gasteiger partial charge < -0.3 is 20.3 Å². The van der Waals surface area contributed by atoms with Crippen LogP contribution in [0.3, 0.4) is 0 Å². The van der Waals surface area contributed by atoms with Crippen molar-refractivity contribution in [3.8, 4) is 18.1 Å². The fourth-order valence-corrected chi connectivity index (χ4v) is 7.73. The van der Waals surface area contributed by atoms with E-state index in [4.69, 9.17) is 16.0 Å². The van der Waals surface area contributed by atoms with E-state index in [0.717, 1.165) is 41.2 Å². The van der Waals surface area contributed by atoms with Crippen LogP contribution in [0, 0.1) is 34.5 Å². The van der Waals surface area contributed by atoms with Crippen LogP contribution >= 0.6 is 11.3 Å². The second-order valence-electron chi connectivity index (χ2n) is 16.2. The SMILES string of the molecule is C#CCCCON(C(=O)[C@@H](N[N+](=O)[C@H]1CCCCN1C)[C@@H](C)CC)[C@H](C[C@@H](OC(C)=O)c1nc(C(=O)N[C@@H](Cc2ccc(O)cc2)CC(C)(C)C(=O)O)cs1)C(C)C. The van der Waals surface area contributed by atoms with Crippen molar-refractivity contribution in [1.82, 2.24) is 25.7 Å². The number of aliphatic carboxylic acids is 1. The zero-order valence-corrected chi connectivity index (χ0v) is 36.0. The molecule has 3 rings (SSSR count). The molecule has 1 fully saturated rings. The van der Waals surface area contributed by atoms with Gasteiger partial charge in [-0.05, 0) is 82.5 Å². The summed E-state index contributed by atoms with van der Waals surface area (Å²) in [5.74, 6) is -0.425. The summed E-state index contributed by atoms with van der Waals surface area (Å²) >= 11 is 1.11. The highest BCUT2D eigenvalue weighted by Gasteiger charge is 2.43. The molecule has 320 valence electrons. The van der Waals surface area contributed by atoms with Gasteiger partial charge in [-0.2, -0.15) is 0 Å².